The zero-order chi connectivity index (χ0) is 13.7. The van der Waals surface area contributed by atoms with Crippen LogP contribution in [-0.4, -0.2) is 54.2 Å². The molecule has 3 aliphatic rings. The molecule has 3 heterocycles. The van der Waals surface area contributed by atoms with Crippen LogP contribution in [0.4, 0.5) is 0 Å². The second-order valence-corrected chi connectivity index (χ2v) is 7.37. The van der Waals surface area contributed by atoms with E-state index in [9.17, 15) is 0 Å². The van der Waals surface area contributed by atoms with Crippen LogP contribution in [0.25, 0.3) is 0 Å². The van der Waals surface area contributed by atoms with Crippen LogP contribution in [0.3, 0.4) is 0 Å². The lowest BCUT2D eigenvalue weighted by molar-refractivity contribution is -0.198. The standard InChI is InChI=1S/C15H27NO3/c1-13(2)10-12(14(3,4)19-13)16-7-5-6-15(11-16)17-8-9-18-15/h12H,5-11H2,1-4H3. The molecule has 0 radical (unpaired) electrons. The maximum absolute atomic E-state index is 6.23. The topological polar surface area (TPSA) is 30.9 Å². The molecule has 0 amide bonds. The van der Waals surface area contributed by atoms with Crippen LogP contribution < -0.4 is 0 Å². The minimum Gasteiger partial charge on any atom is -0.368 e. The Morgan fingerprint density at radius 2 is 1.74 bits per heavy atom. The molecule has 0 aliphatic carbocycles. The van der Waals surface area contributed by atoms with E-state index >= 15 is 0 Å². The lowest BCUT2D eigenvalue weighted by Gasteiger charge is -2.44. The molecule has 3 rings (SSSR count). The molecule has 1 unspecified atom stereocenters. The molecular formula is C15H27NO3. The summed E-state index contributed by atoms with van der Waals surface area (Å²) < 4.78 is 18.0. The molecule has 4 nitrogen and oxygen atoms in total. The number of ether oxygens (including phenoxy) is 3. The van der Waals surface area contributed by atoms with Gasteiger partial charge in [-0.25, -0.2) is 0 Å². The van der Waals surface area contributed by atoms with E-state index in [2.05, 4.69) is 32.6 Å². The van der Waals surface area contributed by atoms with Gasteiger partial charge < -0.3 is 14.2 Å². The first-order chi connectivity index (χ1) is 8.82. The predicted molar refractivity (Wildman–Crippen MR) is 73.1 cm³/mol. The minimum absolute atomic E-state index is 0.0316. The molecule has 19 heavy (non-hydrogen) atoms. The quantitative estimate of drug-likeness (QED) is 0.730. The first kappa shape index (κ1) is 13.8. The van der Waals surface area contributed by atoms with E-state index in [1.54, 1.807) is 0 Å². The van der Waals surface area contributed by atoms with E-state index < -0.39 is 0 Å². The Morgan fingerprint density at radius 3 is 2.32 bits per heavy atom. The summed E-state index contributed by atoms with van der Waals surface area (Å²) in [5.74, 6) is -0.332. The Labute approximate surface area is 116 Å². The van der Waals surface area contributed by atoms with Crippen LogP contribution in [0.1, 0.15) is 47.0 Å². The van der Waals surface area contributed by atoms with Gasteiger partial charge in [0.25, 0.3) is 0 Å². The van der Waals surface area contributed by atoms with Crippen LogP contribution in [-0.2, 0) is 14.2 Å². The predicted octanol–water partition coefficient (Wildman–Crippen LogP) is 2.17. The Morgan fingerprint density at radius 1 is 1.05 bits per heavy atom. The van der Waals surface area contributed by atoms with E-state index in [4.69, 9.17) is 14.2 Å². The molecule has 0 aromatic rings. The van der Waals surface area contributed by atoms with Crippen molar-refractivity contribution in [3.8, 4) is 0 Å². The highest BCUT2D eigenvalue weighted by atomic mass is 16.7. The number of piperidine rings is 1. The molecule has 0 N–H and O–H groups in total. The van der Waals surface area contributed by atoms with Gasteiger partial charge in [-0.15, -0.1) is 0 Å². The van der Waals surface area contributed by atoms with Crippen LogP contribution in [0, 0.1) is 0 Å². The average Bonchev–Trinajstić information content (AvgIpc) is 2.81. The van der Waals surface area contributed by atoms with Crippen molar-refractivity contribution in [1.29, 1.82) is 0 Å². The molecule has 0 aromatic heterocycles. The van der Waals surface area contributed by atoms with E-state index in [0.717, 1.165) is 45.6 Å². The van der Waals surface area contributed by atoms with Crippen molar-refractivity contribution in [2.24, 2.45) is 0 Å². The van der Waals surface area contributed by atoms with Crippen molar-refractivity contribution in [2.75, 3.05) is 26.3 Å². The fourth-order valence-corrected chi connectivity index (χ4v) is 4.12. The third-order valence-electron chi connectivity index (χ3n) is 4.73. The van der Waals surface area contributed by atoms with Gasteiger partial charge >= 0.3 is 0 Å². The molecular weight excluding hydrogens is 242 g/mol. The lowest BCUT2D eigenvalue weighted by Crippen LogP contribution is -2.56. The van der Waals surface area contributed by atoms with Crippen molar-refractivity contribution >= 4 is 0 Å². The molecule has 1 atom stereocenters. The lowest BCUT2D eigenvalue weighted by atomic mass is 9.90. The van der Waals surface area contributed by atoms with Crippen LogP contribution in [0.2, 0.25) is 0 Å². The normalized spacial score (nSPS) is 36.9. The van der Waals surface area contributed by atoms with Gasteiger partial charge in [0.1, 0.15) is 0 Å². The third kappa shape index (κ3) is 2.56. The van der Waals surface area contributed by atoms with E-state index in [0.29, 0.717) is 6.04 Å². The van der Waals surface area contributed by atoms with Crippen molar-refractivity contribution in [3.05, 3.63) is 0 Å². The number of likely N-dealkylation sites (tertiary alicyclic amines) is 1. The molecule has 1 spiro atoms. The molecule has 0 saturated carbocycles. The minimum atomic E-state index is -0.332. The zero-order valence-corrected chi connectivity index (χ0v) is 12.7. The summed E-state index contributed by atoms with van der Waals surface area (Å²) in [7, 11) is 0. The van der Waals surface area contributed by atoms with Gasteiger partial charge in [-0.05, 0) is 47.1 Å². The highest BCUT2D eigenvalue weighted by Crippen LogP contribution is 2.42. The number of nitrogens with zero attached hydrogens (tertiary/aromatic N) is 1. The number of rotatable bonds is 1. The molecule has 4 heteroatoms. The summed E-state index contributed by atoms with van der Waals surface area (Å²) in [6.45, 7) is 12.3. The zero-order valence-electron chi connectivity index (χ0n) is 12.7. The van der Waals surface area contributed by atoms with Crippen molar-refractivity contribution in [2.45, 2.75) is 70.0 Å². The van der Waals surface area contributed by atoms with Crippen LogP contribution in [0.15, 0.2) is 0 Å². The van der Waals surface area contributed by atoms with Crippen LogP contribution in [0.5, 0.6) is 0 Å². The largest absolute Gasteiger partial charge is 0.368 e. The van der Waals surface area contributed by atoms with Gasteiger partial charge in [-0.1, -0.05) is 0 Å². The van der Waals surface area contributed by atoms with Gasteiger partial charge in [-0.3, -0.25) is 4.90 Å². The smallest absolute Gasteiger partial charge is 0.181 e. The number of hydrogen-bond acceptors (Lipinski definition) is 4. The summed E-state index contributed by atoms with van der Waals surface area (Å²) in [5, 5.41) is 0. The van der Waals surface area contributed by atoms with Gasteiger partial charge in [-0.2, -0.15) is 0 Å². The Balaban J connectivity index is 1.75. The SMILES string of the molecule is CC1(C)CC(N2CCCC3(C2)OCCO3)C(C)(C)O1. The fourth-order valence-electron chi connectivity index (χ4n) is 4.12. The first-order valence-electron chi connectivity index (χ1n) is 7.54. The van der Waals surface area contributed by atoms with E-state index in [1.807, 2.05) is 0 Å². The summed E-state index contributed by atoms with van der Waals surface area (Å²) in [4.78, 5) is 2.53. The van der Waals surface area contributed by atoms with Gasteiger partial charge in [0.15, 0.2) is 5.79 Å². The van der Waals surface area contributed by atoms with Gasteiger partial charge in [0, 0.05) is 12.5 Å². The fraction of sp³-hybridized carbons (Fsp3) is 1.00. The second-order valence-electron chi connectivity index (χ2n) is 7.37. The summed E-state index contributed by atoms with van der Waals surface area (Å²) in [5.41, 5.74) is -0.128. The van der Waals surface area contributed by atoms with Gasteiger partial charge in [0.05, 0.1) is 31.0 Å². The molecule has 110 valence electrons. The Hall–Kier alpha value is -0.160. The van der Waals surface area contributed by atoms with Crippen molar-refractivity contribution < 1.29 is 14.2 Å². The van der Waals surface area contributed by atoms with Crippen molar-refractivity contribution in [1.82, 2.24) is 4.90 Å². The van der Waals surface area contributed by atoms with Crippen molar-refractivity contribution in [3.63, 3.8) is 0 Å². The first-order valence-corrected chi connectivity index (χ1v) is 7.54. The summed E-state index contributed by atoms with van der Waals surface area (Å²) in [6, 6.07) is 0.451. The summed E-state index contributed by atoms with van der Waals surface area (Å²) in [6.07, 6.45) is 3.25. The highest BCUT2D eigenvalue weighted by Gasteiger charge is 2.51. The maximum Gasteiger partial charge on any atom is 0.181 e. The third-order valence-corrected chi connectivity index (χ3v) is 4.73. The van der Waals surface area contributed by atoms with Gasteiger partial charge in [0.2, 0.25) is 0 Å². The molecule has 3 saturated heterocycles. The average molecular weight is 269 g/mol. The maximum atomic E-state index is 6.23. The van der Waals surface area contributed by atoms with E-state index in [-0.39, 0.29) is 17.0 Å². The van der Waals surface area contributed by atoms with E-state index in [1.165, 1.54) is 0 Å². The summed E-state index contributed by atoms with van der Waals surface area (Å²) >= 11 is 0. The Bertz CT molecular complexity index is 347. The second kappa shape index (κ2) is 4.42. The molecule has 3 fully saturated rings. The number of hydrogen-bond donors (Lipinski definition) is 0. The molecule has 3 aliphatic heterocycles. The Kier molecular flexibility index (Phi) is 3.21. The van der Waals surface area contributed by atoms with Crippen LogP contribution >= 0.6 is 0 Å². The molecule has 0 bridgehead atoms. The highest BCUT2D eigenvalue weighted by molar-refractivity contribution is 5.02. The molecule has 0 aromatic carbocycles. The monoisotopic (exact) mass is 269 g/mol.